The predicted octanol–water partition coefficient (Wildman–Crippen LogP) is 1.77. The Kier molecular flexibility index (Phi) is 7.98. The summed E-state index contributed by atoms with van der Waals surface area (Å²) in [6.45, 7) is -0.797. The van der Waals surface area contributed by atoms with Gasteiger partial charge < -0.3 is 54.7 Å². The van der Waals surface area contributed by atoms with Crippen LogP contribution in [0.1, 0.15) is 17.2 Å². The largest absolute Gasteiger partial charge is 0.508 e. The number of carbonyl (C=O) groups is 1. The van der Waals surface area contributed by atoms with E-state index in [-0.39, 0.29) is 22.6 Å². The average Bonchev–Trinajstić information content (AvgIpc) is 2.97. The molecule has 1 saturated heterocycles. The lowest BCUT2D eigenvalue weighted by molar-refractivity contribution is -0.239. The maximum absolute atomic E-state index is 13.1. The summed E-state index contributed by atoms with van der Waals surface area (Å²) in [5.74, 6) is -3.51. The van der Waals surface area contributed by atoms with Gasteiger partial charge in [0.05, 0.1) is 12.2 Å². The van der Waals surface area contributed by atoms with Crippen LogP contribution >= 0.6 is 0 Å². The van der Waals surface area contributed by atoms with Crippen LogP contribution in [0.25, 0.3) is 28.4 Å². The Balaban J connectivity index is 1.62. The summed E-state index contributed by atoms with van der Waals surface area (Å²) in [5, 5.41) is 81.4. The highest BCUT2D eigenvalue weighted by molar-refractivity contribution is 5.90. The molecule has 4 aromatic rings. The van der Waals surface area contributed by atoms with Crippen LogP contribution in [0.5, 0.6) is 28.7 Å². The summed E-state index contributed by atoms with van der Waals surface area (Å²) in [5.41, 5.74) is -0.955. The highest BCUT2D eigenvalue weighted by Gasteiger charge is 2.49. The first-order valence-electron chi connectivity index (χ1n) is 12.8. The maximum atomic E-state index is 13.1. The van der Waals surface area contributed by atoms with Crippen molar-refractivity contribution in [3.63, 3.8) is 0 Å². The molecule has 8 N–H and O–H groups in total. The molecule has 5 unspecified atom stereocenters. The molecule has 3 aromatic carbocycles. The Morgan fingerprint density at radius 2 is 1.58 bits per heavy atom. The molecule has 0 saturated carbocycles. The molecule has 0 aliphatic carbocycles. The molecule has 5 atom stereocenters. The monoisotopic (exact) mass is 594 g/mol. The molecule has 13 heteroatoms. The lowest BCUT2D eigenvalue weighted by Gasteiger charge is -2.41. The van der Waals surface area contributed by atoms with Crippen LogP contribution in [-0.4, -0.2) is 77.8 Å². The number of aliphatic hydroxyl groups excluding tert-OH is 3. The Bertz CT molecular complexity index is 1760. The predicted molar refractivity (Wildman–Crippen MR) is 148 cm³/mol. The molecule has 1 aliphatic rings. The summed E-state index contributed by atoms with van der Waals surface area (Å²) in [6, 6.07) is 11.2. The van der Waals surface area contributed by atoms with E-state index in [0.717, 1.165) is 30.3 Å². The summed E-state index contributed by atoms with van der Waals surface area (Å²) in [4.78, 5) is 25.9. The minimum Gasteiger partial charge on any atom is -0.508 e. The molecule has 0 radical (unpaired) electrons. The average molecular weight is 595 g/mol. The minimum absolute atomic E-state index is 0.00965. The molecule has 1 aromatic heterocycles. The smallest absolute Gasteiger partial charge is 0.331 e. The lowest BCUT2D eigenvalue weighted by atomic mass is 9.89. The molecular formula is C30H26O13. The van der Waals surface area contributed by atoms with Crippen LogP contribution < -0.4 is 5.43 Å². The Labute approximate surface area is 242 Å². The normalized spacial score (nSPS) is 22.2. The summed E-state index contributed by atoms with van der Waals surface area (Å²) >= 11 is 0. The molecule has 2 heterocycles. The van der Waals surface area contributed by atoms with Gasteiger partial charge in [-0.3, -0.25) is 4.79 Å². The van der Waals surface area contributed by atoms with Gasteiger partial charge in [0, 0.05) is 23.8 Å². The van der Waals surface area contributed by atoms with E-state index in [1.54, 1.807) is 0 Å². The lowest BCUT2D eigenvalue weighted by Crippen LogP contribution is -2.56. The quantitative estimate of drug-likeness (QED) is 0.0905. The van der Waals surface area contributed by atoms with Gasteiger partial charge in [-0.05, 0) is 42.0 Å². The van der Waals surface area contributed by atoms with E-state index in [1.165, 1.54) is 36.4 Å². The highest BCUT2D eigenvalue weighted by Crippen LogP contribution is 2.45. The molecule has 1 aliphatic heterocycles. The van der Waals surface area contributed by atoms with Crippen LogP contribution in [0.15, 0.2) is 69.9 Å². The van der Waals surface area contributed by atoms with E-state index in [0.29, 0.717) is 5.56 Å². The number of rotatable bonds is 6. The zero-order valence-electron chi connectivity index (χ0n) is 22.1. The second-order valence-corrected chi connectivity index (χ2v) is 9.80. The fourth-order valence-corrected chi connectivity index (χ4v) is 4.79. The number of carbonyl (C=O) groups excluding carboxylic acids is 1. The number of ether oxygens (including phenoxy) is 2. The fraction of sp³-hybridized carbons (Fsp3) is 0.200. The summed E-state index contributed by atoms with van der Waals surface area (Å²) < 4.78 is 17.1. The van der Waals surface area contributed by atoms with E-state index in [2.05, 4.69) is 0 Å². The topological polar surface area (TPSA) is 228 Å². The number of benzene rings is 3. The van der Waals surface area contributed by atoms with E-state index >= 15 is 0 Å². The van der Waals surface area contributed by atoms with Gasteiger partial charge in [0.25, 0.3) is 0 Å². The molecule has 0 spiro atoms. The minimum atomic E-state index is -1.87. The molecule has 5 rings (SSSR count). The Hall–Kier alpha value is -5.08. The van der Waals surface area contributed by atoms with Crippen molar-refractivity contribution in [3.8, 4) is 40.1 Å². The van der Waals surface area contributed by atoms with Gasteiger partial charge in [-0.25, -0.2) is 4.79 Å². The Morgan fingerprint density at radius 1 is 0.860 bits per heavy atom. The fourth-order valence-electron chi connectivity index (χ4n) is 4.79. The number of fused-ring (bicyclic) bond motifs is 1. The van der Waals surface area contributed by atoms with Crippen LogP contribution in [0.3, 0.4) is 0 Å². The van der Waals surface area contributed by atoms with Crippen molar-refractivity contribution in [1.82, 2.24) is 0 Å². The molecule has 0 amide bonds. The Morgan fingerprint density at radius 3 is 2.26 bits per heavy atom. The van der Waals surface area contributed by atoms with Gasteiger partial charge in [-0.2, -0.15) is 0 Å². The van der Waals surface area contributed by atoms with E-state index in [4.69, 9.17) is 13.9 Å². The third-order valence-corrected chi connectivity index (χ3v) is 6.97. The van der Waals surface area contributed by atoms with Gasteiger partial charge in [0.15, 0.2) is 28.6 Å². The van der Waals surface area contributed by atoms with Gasteiger partial charge in [0.1, 0.15) is 52.8 Å². The number of phenols is 5. The molecule has 43 heavy (non-hydrogen) atoms. The van der Waals surface area contributed by atoms with Gasteiger partial charge in [0.2, 0.25) is 0 Å². The van der Waals surface area contributed by atoms with Crippen molar-refractivity contribution in [2.24, 2.45) is 0 Å². The van der Waals surface area contributed by atoms with Crippen LogP contribution in [0.4, 0.5) is 0 Å². The van der Waals surface area contributed by atoms with Crippen LogP contribution in [0.2, 0.25) is 0 Å². The first-order chi connectivity index (χ1) is 20.5. The molecular weight excluding hydrogens is 568 g/mol. The molecule has 224 valence electrons. The van der Waals surface area contributed by atoms with E-state index in [1.807, 2.05) is 0 Å². The SMILES string of the molecule is O=C(/C=C/c1ccc(O)cc1)OC1C(c2c(O)cc(O)c3c(=O)cc(-c4ccc(O)c(O)c4)oc23)OC(CO)C(O)C1O. The second kappa shape index (κ2) is 11.7. The third-order valence-electron chi connectivity index (χ3n) is 6.97. The van der Waals surface area contributed by atoms with E-state index in [9.17, 15) is 50.4 Å². The number of phenolic OH excluding ortho intramolecular Hbond substituents is 5. The standard InChI is InChI=1S/C30H26O13/c31-12-22-26(39)27(40)30(43-23(38)8-3-13-1-5-15(32)6-2-13)29(42-22)25-19(36)10-18(35)24-20(37)11-21(41-28(24)25)14-4-7-16(33)17(34)9-14/h1-11,22,26-27,29-36,39-40H,12H2/b8-3+. The maximum Gasteiger partial charge on any atom is 0.331 e. The van der Waals surface area contributed by atoms with Crippen molar-refractivity contribution >= 4 is 23.0 Å². The molecule has 0 bridgehead atoms. The van der Waals surface area contributed by atoms with Crippen LogP contribution in [0, 0.1) is 0 Å². The van der Waals surface area contributed by atoms with Crippen LogP contribution in [-0.2, 0) is 14.3 Å². The van der Waals surface area contributed by atoms with Crippen molar-refractivity contribution in [1.29, 1.82) is 0 Å². The van der Waals surface area contributed by atoms with Gasteiger partial charge >= 0.3 is 5.97 Å². The molecule has 13 nitrogen and oxygen atoms in total. The zero-order valence-corrected chi connectivity index (χ0v) is 22.1. The number of aromatic hydroxyl groups is 5. The first-order valence-corrected chi connectivity index (χ1v) is 12.8. The summed E-state index contributed by atoms with van der Waals surface area (Å²) in [6.07, 6.45) is -6.08. The number of hydrogen-bond donors (Lipinski definition) is 8. The number of aliphatic hydroxyl groups is 3. The first kappa shape index (κ1) is 29.4. The highest BCUT2D eigenvalue weighted by atomic mass is 16.6. The van der Waals surface area contributed by atoms with Gasteiger partial charge in [-0.1, -0.05) is 12.1 Å². The van der Waals surface area contributed by atoms with Crippen molar-refractivity contribution in [2.75, 3.05) is 6.61 Å². The van der Waals surface area contributed by atoms with Crippen molar-refractivity contribution in [3.05, 3.63) is 82.0 Å². The number of esters is 1. The third kappa shape index (κ3) is 5.69. The van der Waals surface area contributed by atoms with Gasteiger partial charge in [-0.15, -0.1) is 0 Å². The van der Waals surface area contributed by atoms with E-state index < -0.39 is 82.5 Å². The zero-order chi connectivity index (χ0) is 31.0. The van der Waals surface area contributed by atoms with Crippen molar-refractivity contribution < 1.29 is 59.5 Å². The second-order valence-electron chi connectivity index (χ2n) is 9.80. The molecule has 1 fully saturated rings. The summed E-state index contributed by atoms with van der Waals surface area (Å²) in [7, 11) is 0. The van der Waals surface area contributed by atoms with Crippen molar-refractivity contribution in [2.45, 2.75) is 30.5 Å². The number of hydrogen-bond acceptors (Lipinski definition) is 13.